The summed E-state index contributed by atoms with van der Waals surface area (Å²) in [6, 6.07) is -0.767. The molecule has 5 atom stereocenters. The lowest BCUT2D eigenvalue weighted by molar-refractivity contribution is -0.224. The Kier molecular flexibility index (Phi) is 9.45. The van der Waals surface area contributed by atoms with Crippen molar-refractivity contribution < 1.29 is 38.1 Å². The molecule has 1 N–H and O–H groups in total. The topological polar surface area (TPSA) is 117 Å². The number of hydrogen-bond donors (Lipinski definition) is 1. The Hall–Kier alpha value is -2.60. The predicted octanol–water partition coefficient (Wildman–Crippen LogP) is 0.489. The van der Waals surface area contributed by atoms with E-state index in [0.717, 1.165) is 0 Å². The van der Waals surface area contributed by atoms with E-state index in [1.54, 1.807) is 0 Å². The molecule has 0 aromatic rings. The van der Waals surface area contributed by atoms with E-state index in [2.05, 4.69) is 11.2 Å². The van der Waals surface area contributed by atoms with E-state index in [0.29, 0.717) is 6.42 Å². The van der Waals surface area contributed by atoms with Crippen LogP contribution in [0.2, 0.25) is 0 Å². The van der Waals surface area contributed by atoms with Crippen LogP contribution in [0.25, 0.3) is 0 Å². The quantitative estimate of drug-likeness (QED) is 0.357. The highest BCUT2D eigenvalue weighted by molar-refractivity contribution is 5.77. The molecule has 156 valence electrons. The van der Waals surface area contributed by atoms with Gasteiger partial charge in [-0.2, -0.15) is 0 Å². The molecule has 1 aliphatic heterocycles. The number of rotatable bonds is 8. The molecular formula is C19H27NO8. The fraction of sp³-hybridized carbons (Fsp3) is 0.684. The molecule has 1 saturated heterocycles. The summed E-state index contributed by atoms with van der Waals surface area (Å²) < 4.78 is 21.7. The number of carbonyl (C=O) groups is 4. The van der Waals surface area contributed by atoms with E-state index in [1.807, 2.05) is 6.92 Å². The summed E-state index contributed by atoms with van der Waals surface area (Å²) >= 11 is 0. The van der Waals surface area contributed by atoms with Crippen LogP contribution in [-0.4, -0.2) is 60.9 Å². The summed E-state index contributed by atoms with van der Waals surface area (Å²) in [6.45, 7) is 5.27. The Morgan fingerprint density at radius 1 is 1.00 bits per heavy atom. The van der Waals surface area contributed by atoms with Crippen LogP contribution in [0.1, 0.15) is 47.0 Å². The molecule has 1 rings (SSSR count). The lowest BCUT2D eigenvalue weighted by Crippen LogP contribution is -2.66. The molecule has 0 bridgehead atoms. The smallest absolute Gasteiger partial charge is 0.303 e. The second-order valence-corrected chi connectivity index (χ2v) is 6.37. The van der Waals surface area contributed by atoms with E-state index < -0.39 is 48.4 Å². The highest BCUT2D eigenvalue weighted by Crippen LogP contribution is 2.28. The van der Waals surface area contributed by atoms with Crippen molar-refractivity contribution in [3.8, 4) is 12.3 Å². The molecule has 0 aromatic carbocycles. The number of carbonyl (C=O) groups excluding carboxylic acids is 4. The van der Waals surface area contributed by atoms with Gasteiger partial charge in [-0.05, 0) is 6.42 Å². The zero-order valence-corrected chi connectivity index (χ0v) is 16.6. The Labute approximate surface area is 164 Å². The maximum Gasteiger partial charge on any atom is 0.303 e. The Morgan fingerprint density at radius 3 is 2.11 bits per heavy atom. The molecular weight excluding hydrogens is 370 g/mol. The third kappa shape index (κ3) is 7.19. The Bertz CT molecular complexity index is 626. The maximum atomic E-state index is 12.2. The van der Waals surface area contributed by atoms with Crippen molar-refractivity contribution in [3.63, 3.8) is 0 Å². The molecule has 1 heterocycles. The number of ether oxygens (including phenoxy) is 4. The first kappa shape index (κ1) is 23.4. The molecule has 0 spiro atoms. The number of amides is 1. The minimum Gasteiger partial charge on any atom is -0.463 e. The van der Waals surface area contributed by atoms with Crippen LogP contribution in [0.5, 0.6) is 0 Å². The van der Waals surface area contributed by atoms with Gasteiger partial charge in [-0.3, -0.25) is 19.2 Å². The maximum absolute atomic E-state index is 12.2. The first-order chi connectivity index (χ1) is 13.2. The monoisotopic (exact) mass is 397 g/mol. The molecule has 5 unspecified atom stereocenters. The van der Waals surface area contributed by atoms with E-state index >= 15 is 0 Å². The summed E-state index contributed by atoms with van der Waals surface area (Å²) in [7, 11) is 0. The zero-order valence-electron chi connectivity index (χ0n) is 16.6. The summed E-state index contributed by atoms with van der Waals surface area (Å²) in [5, 5.41) is 2.76. The summed E-state index contributed by atoms with van der Waals surface area (Å²) in [5.41, 5.74) is 0. The second-order valence-electron chi connectivity index (χ2n) is 6.37. The van der Waals surface area contributed by atoms with E-state index in [-0.39, 0.29) is 25.4 Å². The minimum atomic E-state index is -1.07. The lowest BCUT2D eigenvalue weighted by atomic mass is 9.90. The number of esters is 3. The van der Waals surface area contributed by atoms with Gasteiger partial charge in [0.05, 0.1) is 12.1 Å². The van der Waals surface area contributed by atoms with Crippen molar-refractivity contribution in [3.05, 3.63) is 0 Å². The highest BCUT2D eigenvalue weighted by atomic mass is 16.6. The molecule has 1 aliphatic rings. The highest BCUT2D eigenvalue weighted by Gasteiger charge is 2.50. The molecule has 0 radical (unpaired) electrons. The van der Waals surface area contributed by atoms with Crippen molar-refractivity contribution in [1.82, 2.24) is 5.32 Å². The third-order valence-corrected chi connectivity index (χ3v) is 4.08. The average molecular weight is 397 g/mol. The van der Waals surface area contributed by atoms with Crippen LogP contribution in [0.15, 0.2) is 0 Å². The van der Waals surface area contributed by atoms with Crippen LogP contribution < -0.4 is 5.32 Å². The van der Waals surface area contributed by atoms with Gasteiger partial charge in [0.25, 0.3) is 0 Å². The Morgan fingerprint density at radius 2 is 1.61 bits per heavy atom. The van der Waals surface area contributed by atoms with Crippen LogP contribution in [-0.2, 0) is 38.1 Å². The SMILES string of the molecule is C#CCCC(=O)NC1C(CC)OC(COC(C)=O)C(OC(C)=O)C1OC(C)=O. The van der Waals surface area contributed by atoms with Gasteiger partial charge >= 0.3 is 17.9 Å². The predicted molar refractivity (Wildman–Crippen MR) is 96.7 cm³/mol. The molecule has 0 aromatic heterocycles. The van der Waals surface area contributed by atoms with Gasteiger partial charge < -0.3 is 24.3 Å². The van der Waals surface area contributed by atoms with Crippen molar-refractivity contribution >= 4 is 23.8 Å². The van der Waals surface area contributed by atoms with Gasteiger partial charge in [0.1, 0.15) is 12.7 Å². The van der Waals surface area contributed by atoms with Crippen LogP contribution in [0.4, 0.5) is 0 Å². The lowest BCUT2D eigenvalue weighted by Gasteiger charge is -2.45. The molecule has 0 aliphatic carbocycles. The fourth-order valence-corrected chi connectivity index (χ4v) is 2.98. The molecule has 1 amide bonds. The van der Waals surface area contributed by atoms with Gasteiger partial charge in [0, 0.05) is 33.6 Å². The van der Waals surface area contributed by atoms with Gasteiger partial charge in [-0.15, -0.1) is 12.3 Å². The van der Waals surface area contributed by atoms with E-state index in [9.17, 15) is 19.2 Å². The van der Waals surface area contributed by atoms with Crippen molar-refractivity contribution in [1.29, 1.82) is 0 Å². The van der Waals surface area contributed by atoms with Gasteiger partial charge in [0.15, 0.2) is 12.2 Å². The fourth-order valence-electron chi connectivity index (χ4n) is 2.98. The summed E-state index contributed by atoms with van der Waals surface area (Å²) in [5.74, 6) is 0.247. The normalized spacial score (nSPS) is 26.5. The molecule has 1 fully saturated rings. The van der Waals surface area contributed by atoms with Crippen molar-refractivity contribution in [2.24, 2.45) is 0 Å². The van der Waals surface area contributed by atoms with E-state index in [4.69, 9.17) is 25.4 Å². The van der Waals surface area contributed by atoms with Gasteiger partial charge in [-0.25, -0.2) is 0 Å². The second kappa shape index (κ2) is 11.3. The van der Waals surface area contributed by atoms with Crippen LogP contribution in [0.3, 0.4) is 0 Å². The first-order valence-electron chi connectivity index (χ1n) is 9.05. The van der Waals surface area contributed by atoms with Crippen molar-refractivity contribution in [2.75, 3.05) is 6.61 Å². The third-order valence-electron chi connectivity index (χ3n) is 4.08. The summed E-state index contributed by atoms with van der Waals surface area (Å²) in [6.07, 6.45) is 2.47. The van der Waals surface area contributed by atoms with E-state index in [1.165, 1.54) is 20.8 Å². The zero-order chi connectivity index (χ0) is 21.3. The number of nitrogens with one attached hydrogen (secondary N) is 1. The minimum absolute atomic E-state index is 0.0886. The van der Waals surface area contributed by atoms with Gasteiger partial charge in [-0.1, -0.05) is 6.92 Å². The average Bonchev–Trinajstić information content (AvgIpc) is 2.60. The van der Waals surface area contributed by atoms with Gasteiger partial charge in [0.2, 0.25) is 5.91 Å². The Balaban J connectivity index is 3.18. The summed E-state index contributed by atoms with van der Waals surface area (Å²) in [4.78, 5) is 46.7. The van der Waals surface area contributed by atoms with Crippen LogP contribution >= 0.6 is 0 Å². The molecule has 9 heteroatoms. The molecule has 28 heavy (non-hydrogen) atoms. The van der Waals surface area contributed by atoms with Crippen molar-refractivity contribution in [2.45, 2.75) is 77.4 Å². The molecule has 9 nitrogen and oxygen atoms in total. The first-order valence-corrected chi connectivity index (χ1v) is 9.05. The number of hydrogen-bond acceptors (Lipinski definition) is 8. The van der Waals surface area contributed by atoms with Crippen LogP contribution in [0, 0.1) is 12.3 Å². The molecule has 0 saturated carbocycles. The largest absolute Gasteiger partial charge is 0.463 e. The standard InChI is InChI=1S/C19H27NO8/c1-6-8-9-16(24)20-17-14(7-2)28-15(10-25-11(3)21)18(26-12(4)22)19(17)27-13(5)23/h1,14-15,17-19H,7-10H2,2-5H3,(H,20,24). The number of terminal acetylenes is 1.